The van der Waals surface area contributed by atoms with Crippen LogP contribution in [0.25, 0.3) is 0 Å². The Labute approximate surface area is 128 Å². The van der Waals surface area contributed by atoms with E-state index in [9.17, 15) is 9.90 Å². The van der Waals surface area contributed by atoms with Gasteiger partial charge in [0.1, 0.15) is 6.10 Å². The number of rotatable bonds is 7. The van der Waals surface area contributed by atoms with Crippen molar-refractivity contribution in [2.75, 3.05) is 0 Å². The second-order valence-electron chi connectivity index (χ2n) is 6.92. The van der Waals surface area contributed by atoms with Crippen LogP contribution in [0.4, 0.5) is 0 Å². The molecule has 1 rings (SSSR count). The summed E-state index contributed by atoms with van der Waals surface area (Å²) in [6.45, 7) is 12.8. The van der Waals surface area contributed by atoms with Gasteiger partial charge in [-0.05, 0) is 52.9 Å². The molecule has 4 nitrogen and oxygen atoms in total. The van der Waals surface area contributed by atoms with E-state index in [1.54, 1.807) is 20.8 Å². The van der Waals surface area contributed by atoms with Crippen LogP contribution in [0.5, 0.6) is 0 Å². The Morgan fingerprint density at radius 1 is 1.52 bits per heavy atom. The van der Waals surface area contributed by atoms with Gasteiger partial charge in [0.05, 0.1) is 11.7 Å². The van der Waals surface area contributed by atoms with E-state index in [1.807, 2.05) is 6.08 Å². The molecular weight excluding hydrogens is 268 g/mol. The Morgan fingerprint density at radius 3 is 2.67 bits per heavy atom. The van der Waals surface area contributed by atoms with E-state index in [1.165, 1.54) is 6.92 Å². The lowest BCUT2D eigenvalue weighted by Crippen LogP contribution is -2.55. The maximum Gasteiger partial charge on any atom is 0.164 e. The van der Waals surface area contributed by atoms with Gasteiger partial charge in [-0.3, -0.25) is 4.79 Å². The highest BCUT2D eigenvalue weighted by molar-refractivity contribution is 5.80. The molecule has 1 N–H and O–H groups in total. The topological polar surface area (TPSA) is 55.8 Å². The highest BCUT2D eigenvalue weighted by atomic mass is 16.7. The van der Waals surface area contributed by atoms with Gasteiger partial charge in [0.25, 0.3) is 0 Å². The number of ether oxygens (including phenoxy) is 2. The smallest absolute Gasteiger partial charge is 0.164 e. The van der Waals surface area contributed by atoms with Crippen molar-refractivity contribution in [3.63, 3.8) is 0 Å². The number of aliphatic hydroxyl groups is 1. The Morgan fingerprint density at radius 2 is 2.14 bits per heavy atom. The van der Waals surface area contributed by atoms with Gasteiger partial charge in [0, 0.05) is 6.42 Å². The molecule has 4 atom stereocenters. The van der Waals surface area contributed by atoms with Crippen LogP contribution in [0, 0.1) is 5.92 Å². The average Bonchev–Trinajstić information content (AvgIpc) is 2.36. The molecule has 4 heteroatoms. The first-order valence-corrected chi connectivity index (χ1v) is 7.78. The van der Waals surface area contributed by atoms with Crippen LogP contribution in [0.15, 0.2) is 12.7 Å². The van der Waals surface area contributed by atoms with Gasteiger partial charge in [-0.2, -0.15) is 0 Å². The quantitative estimate of drug-likeness (QED) is 0.733. The number of carbonyl (C=O) groups is 1. The molecule has 0 aromatic heterocycles. The van der Waals surface area contributed by atoms with Crippen LogP contribution >= 0.6 is 0 Å². The van der Waals surface area contributed by atoms with Crippen molar-refractivity contribution in [3.8, 4) is 0 Å². The lowest BCUT2D eigenvalue weighted by atomic mass is 9.86. The molecule has 21 heavy (non-hydrogen) atoms. The van der Waals surface area contributed by atoms with E-state index in [4.69, 9.17) is 9.47 Å². The van der Waals surface area contributed by atoms with Gasteiger partial charge in [0.15, 0.2) is 11.6 Å². The first-order valence-electron chi connectivity index (χ1n) is 7.78. The zero-order valence-corrected chi connectivity index (χ0v) is 14.0. The molecule has 0 aromatic rings. The molecular formula is C17H30O4. The summed E-state index contributed by atoms with van der Waals surface area (Å²) in [5.41, 5.74) is -0.963. The van der Waals surface area contributed by atoms with E-state index in [0.29, 0.717) is 18.8 Å². The molecule has 0 spiro atoms. The molecule has 0 unspecified atom stereocenters. The van der Waals surface area contributed by atoms with Gasteiger partial charge in [0.2, 0.25) is 0 Å². The summed E-state index contributed by atoms with van der Waals surface area (Å²) >= 11 is 0. The van der Waals surface area contributed by atoms with Crippen molar-refractivity contribution >= 4 is 5.78 Å². The summed E-state index contributed by atoms with van der Waals surface area (Å²) in [7, 11) is 0. The average molecular weight is 298 g/mol. The second-order valence-corrected chi connectivity index (χ2v) is 6.92. The van der Waals surface area contributed by atoms with Crippen LogP contribution in [-0.2, 0) is 14.3 Å². The molecule has 122 valence electrons. The maximum absolute atomic E-state index is 11.6. The largest absolute Gasteiger partial charge is 0.387 e. The SMILES string of the molecule is C=C[C@@H](C)CCC[C@@](C)(O)[C@H]1C[C@@H](C(C)=O)OC(C)(C)O1. The van der Waals surface area contributed by atoms with Crippen LogP contribution < -0.4 is 0 Å². The van der Waals surface area contributed by atoms with Crippen molar-refractivity contribution in [1.29, 1.82) is 0 Å². The third kappa shape index (κ3) is 5.53. The number of ketones is 1. The molecule has 0 aromatic carbocycles. The lowest BCUT2D eigenvalue weighted by molar-refractivity contribution is -0.318. The predicted octanol–water partition coefficient (Wildman–Crippen LogP) is 3.23. The van der Waals surface area contributed by atoms with Crippen molar-refractivity contribution < 1.29 is 19.4 Å². The maximum atomic E-state index is 11.6. The number of allylic oxidation sites excluding steroid dienone is 1. The molecule has 1 fully saturated rings. The zero-order valence-electron chi connectivity index (χ0n) is 14.0. The minimum atomic E-state index is -0.963. The van der Waals surface area contributed by atoms with Crippen LogP contribution in [-0.4, -0.2) is 34.5 Å². The summed E-state index contributed by atoms with van der Waals surface area (Å²) in [5, 5.41) is 10.7. The summed E-state index contributed by atoms with van der Waals surface area (Å²) in [6, 6.07) is 0. The minimum Gasteiger partial charge on any atom is -0.387 e. The summed E-state index contributed by atoms with van der Waals surface area (Å²) in [4.78, 5) is 11.6. The highest BCUT2D eigenvalue weighted by Crippen LogP contribution is 2.35. The van der Waals surface area contributed by atoms with Crippen LogP contribution in [0.2, 0.25) is 0 Å². The van der Waals surface area contributed by atoms with E-state index in [-0.39, 0.29) is 5.78 Å². The first-order chi connectivity index (χ1) is 9.57. The Bertz CT molecular complexity index is 373. The third-order valence-corrected chi connectivity index (χ3v) is 4.17. The third-order valence-electron chi connectivity index (χ3n) is 4.17. The van der Waals surface area contributed by atoms with Gasteiger partial charge < -0.3 is 14.6 Å². The van der Waals surface area contributed by atoms with Gasteiger partial charge in [-0.1, -0.05) is 13.0 Å². The number of hydrogen-bond donors (Lipinski definition) is 1. The second kappa shape index (κ2) is 7.03. The van der Waals surface area contributed by atoms with E-state index in [2.05, 4.69) is 13.5 Å². The molecule has 0 saturated carbocycles. The fourth-order valence-corrected chi connectivity index (χ4v) is 2.69. The van der Waals surface area contributed by atoms with Gasteiger partial charge in [-0.15, -0.1) is 6.58 Å². The van der Waals surface area contributed by atoms with Crippen molar-refractivity contribution in [3.05, 3.63) is 12.7 Å². The molecule has 0 bridgehead atoms. The van der Waals surface area contributed by atoms with Crippen LogP contribution in [0.3, 0.4) is 0 Å². The summed E-state index contributed by atoms with van der Waals surface area (Å²) < 4.78 is 11.5. The molecule has 0 aliphatic carbocycles. The number of hydrogen-bond acceptors (Lipinski definition) is 4. The van der Waals surface area contributed by atoms with Crippen molar-refractivity contribution in [2.45, 2.75) is 83.9 Å². The van der Waals surface area contributed by atoms with E-state index in [0.717, 1.165) is 12.8 Å². The molecule has 1 heterocycles. The Kier molecular flexibility index (Phi) is 6.14. The molecule has 1 aliphatic heterocycles. The van der Waals surface area contributed by atoms with Crippen LogP contribution in [0.1, 0.15) is 60.3 Å². The van der Waals surface area contributed by atoms with Crippen molar-refractivity contribution in [1.82, 2.24) is 0 Å². The Hall–Kier alpha value is -0.710. The monoisotopic (exact) mass is 298 g/mol. The molecule has 0 amide bonds. The Balaban J connectivity index is 2.67. The standard InChI is InChI=1S/C17H30O4/c1-7-12(2)9-8-10-17(6,19)15-11-14(13(3)18)20-16(4,5)21-15/h7,12,14-15,19H,1,8-11H2,2-6H3/t12-,14+,15-,17-/m1/s1. The summed E-state index contributed by atoms with van der Waals surface area (Å²) in [5.74, 6) is -0.428. The van der Waals surface area contributed by atoms with E-state index < -0.39 is 23.6 Å². The molecule has 1 saturated heterocycles. The first kappa shape index (κ1) is 18.3. The lowest BCUT2D eigenvalue weighted by Gasteiger charge is -2.45. The van der Waals surface area contributed by atoms with Gasteiger partial charge >= 0.3 is 0 Å². The van der Waals surface area contributed by atoms with Gasteiger partial charge in [-0.25, -0.2) is 0 Å². The molecule has 0 radical (unpaired) electrons. The zero-order chi connectivity index (χ0) is 16.3. The van der Waals surface area contributed by atoms with Crippen molar-refractivity contribution in [2.24, 2.45) is 5.92 Å². The van der Waals surface area contributed by atoms with E-state index >= 15 is 0 Å². The molecule has 1 aliphatic rings. The minimum absolute atomic E-state index is 0.0209. The highest BCUT2D eigenvalue weighted by Gasteiger charge is 2.44. The number of Topliss-reactive ketones (excluding diaryl/α,β-unsaturated/α-hetero) is 1. The fraction of sp³-hybridized carbons (Fsp3) is 0.824. The normalized spacial score (nSPS) is 29.4. The number of carbonyl (C=O) groups excluding carboxylic acids is 1. The summed E-state index contributed by atoms with van der Waals surface area (Å²) in [6.07, 6.45) is 3.95. The fourth-order valence-electron chi connectivity index (χ4n) is 2.69. The predicted molar refractivity (Wildman–Crippen MR) is 83.0 cm³/mol.